The van der Waals surface area contributed by atoms with E-state index in [1.807, 2.05) is 17.5 Å². The molecule has 0 aliphatic heterocycles. The van der Waals surface area contributed by atoms with Crippen LogP contribution in [0.1, 0.15) is 26.7 Å². The Morgan fingerprint density at radius 1 is 1.28 bits per heavy atom. The number of hydrogen-bond acceptors (Lipinski definition) is 5. The van der Waals surface area contributed by atoms with Crippen molar-refractivity contribution < 1.29 is 13.2 Å². The van der Waals surface area contributed by atoms with Crippen molar-refractivity contribution in [3.8, 4) is 11.3 Å². The van der Waals surface area contributed by atoms with Gasteiger partial charge in [0.15, 0.2) is 5.13 Å². The van der Waals surface area contributed by atoms with Crippen LogP contribution in [0, 0.1) is 5.92 Å². The molecule has 2 rings (SSSR count). The molecule has 0 spiro atoms. The second kappa shape index (κ2) is 7.97. The van der Waals surface area contributed by atoms with Gasteiger partial charge in [-0.05, 0) is 24.5 Å². The fourth-order valence-electron chi connectivity index (χ4n) is 2.10. The zero-order valence-corrected chi connectivity index (χ0v) is 16.4. The topological polar surface area (TPSA) is 79.4 Å². The lowest BCUT2D eigenvalue weighted by atomic mass is 10.1. The van der Waals surface area contributed by atoms with Gasteiger partial charge in [0.25, 0.3) is 0 Å². The molecule has 2 aromatic rings. The van der Waals surface area contributed by atoms with Gasteiger partial charge in [0.1, 0.15) is 0 Å². The number of carbonyl (C=O) groups excluding carboxylic acids is 1. The van der Waals surface area contributed by atoms with Gasteiger partial charge in [-0.15, -0.1) is 11.3 Å². The summed E-state index contributed by atoms with van der Waals surface area (Å²) in [5.74, 6) is 0.459. The number of thiazole rings is 1. The highest BCUT2D eigenvalue weighted by Crippen LogP contribution is 2.27. The summed E-state index contributed by atoms with van der Waals surface area (Å²) in [6.07, 6.45) is 2.49. The van der Waals surface area contributed by atoms with E-state index in [1.54, 1.807) is 12.1 Å². The van der Waals surface area contributed by atoms with E-state index in [4.69, 9.17) is 0 Å². The van der Waals surface area contributed by atoms with Gasteiger partial charge in [-0.3, -0.25) is 9.10 Å². The molecule has 1 aromatic carbocycles. The fourth-order valence-corrected chi connectivity index (χ4v) is 3.34. The normalized spacial score (nSPS) is 11.6. The first-order valence-corrected chi connectivity index (χ1v) is 10.7. The highest BCUT2D eigenvalue weighted by Gasteiger charge is 2.13. The average molecular weight is 382 g/mol. The third-order valence-corrected chi connectivity index (χ3v) is 5.69. The lowest BCUT2D eigenvalue weighted by Gasteiger charge is -2.16. The maximum absolute atomic E-state index is 11.9. The minimum absolute atomic E-state index is 0.0280. The number of aromatic nitrogens is 1. The molecule has 25 heavy (non-hydrogen) atoms. The van der Waals surface area contributed by atoms with E-state index >= 15 is 0 Å². The van der Waals surface area contributed by atoms with Crippen LogP contribution in [0.25, 0.3) is 11.3 Å². The maximum Gasteiger partial charge on any atom is 0.231 e. The first-order valence-electron chi connectivity index (χ1n) is 7.96. The van der Waals surface area contributed by atoms with Gasteiger partial charge in [0.05, 0.1) is 17.6 Å². The molecule has 1 amide bonds. The van der Waals surface area contributed by atoms with Gasteiger partial charge in [0, 0.05) is 24.4 Å². The van der Waals surface area contributed by atoms with E-state index in [-0.39, 0.29) is 5.91 Å². The Balaban J connectivity index is 2.06. The molecular weight excluding hydrogens is 358 g/mol. The minimum atomic E-state index is -3.28. The van der Waals surface area contributed by atoms with Crippen LogP contribution in [-0.2, 0) is 14.8 Å². The van der Waals surface area contributed by atoms with Crippen LogP contribution >= 0.6 is 11.3 Å². The van der Waals surface area contributed by atoms with Crippen molar-refractivity contribution in [1.82, 2.24) is 4.98 Å². The first kappa shape index (κ1) is 19.4. The Kier molecular flexibility index (Phi) is 6.18. The number of carbonyl (C=O) groups is 1. The smallest absolute Gasteiger partial charge is 0.231 e. The third kappa shape index (κ3) is 5.54. The molecule has 1 heterocycles. The highest BCUT2D eigenvalue weighted by atomic mass is 32.2. The lowest BCUT2D eigenvalue weighted by Crippen LogP contribution is -2.24. The highest BCUT2D eigenvalue weighted by molar-refractivity contribution is 7.92. The fraction of sp³-hybridized carbons (Fsp3) is 0.412. The maximum atomic E-state index is 11.9. The van der Waals surface area contributed by atoms with Crippen LogP contribution in [0.5, 0.6) is 0 Å². The molecule has 0 atom stereocenters. The van der Waals surface area contributed by atoms with Crippen LogP contribution in [0.4, 0.5) is 10.8 Å². The Labute approximate surface area is 153 Å². The predicted octanol–water partition coefficient (Wildman–Crippen LogP) is 3.58. The SMILES string of the molecule is CC(C)CCC(=O)Nc1nc(-c2ccc(N(C)S(C)(=O)=O)cc2)cs1. The molecule has 136 valence electrons. The largest absolute Gasteiger partial charge is 0.302 e. The molecule has 0 saturated heterocycles. The number of anilines is 2. The average Bonchev–Trinajstić information content (AvgIpc) is 3.00. The Morgan fingerprint density at radius 2 is 1.92 bits per heavy atom. The zero-order valence-electron chi connectivity index (χ0n) is 14.8. The molecule has 1 aromatic heterocycles. The van der Waals surface area contributed by atoms with Crippen molar-refractivity contribution in [2.75, 3.05) is 22.9 Å². The molecule has 0 aliphatic rings. The van der Waals surface area contributed by atoms with Crippen molar-refractivity contribution >= 4 is 38.1 Å². The van der Waals surface area contributed by atoms with Gasteiger partial charge in [0.2, 0.25) is 15.9 Å². The molecule has 0 fully saturated rings. The number of nitrogens with one attached hydrogen (secondary N) is 1. The molecule has 0 radical (unpaired) electrons. The summed E-state index contributed by atoms with van der Waals surface area (Å²) >= 11 is 1.37. The number of benzene rings is 1. The van der Waals surface area contributed by atoms with Gasteiger partial charge in [-0.2, -0.15) is 0 Å². The van der Waals surface area contributed by atoms with Gasteiger partial charge in [-0.25, -0.2) is 13.4 Å². The Hall–Kier alpha value is -1.93. The van der Waals surface area contributed by atoms with E-state index in [2.05, 4.69) is 24.1 Å². The summed E-state index contributed by atoms with van der Waals surface area (Å²) in [6, 6.07) is 7.10. The number of sulfonamides is 1. The van der Waals surface area contributed by atoms with E-state index in [0.717, 1.165) is 23.9 Å². The van der Waals surface area contributed by atoms with E-state index < -0.39 is 10.0 Å². The van der Waals surface area contributed by atoms with Crippen molar-refractivity contribution in [3.05, 3.63) is 29.6 Å². The number of hydrogen-bond donors (Lipinski definition) is 1. The second-order valence-corrected chi connectivity index (χ2v) is 9.17. The van der Waals surface area contributed by atoms with Crippen molar-refractivity contribution in [2.45, 2.75) is 26.7 Å². The van der Waals surface area contributed by atoms with E-state index in [9.17, 15) is 13.2 Å². The summed E-state index contributed by atoms with van der Waals surface area (Å²) in [4.78, 5) is 16.3. The van der Waals surface area contributed by atoms with Crippen molar-refractivity contribution in [2.24, 2.45) is 5.92 Å². The monoisotopic (exact) mass is 381 g/mol. The summed E-state index contributed by atoms with van der Waals surface area (Å²) in [5, 5.41) is 5.26. The zero-order chi connectivity index (χ0) is 18.6. The van der Waals surface area contributed by atoms with Gasteiger partial charge >= 0.3 is 0 Å². The molecular formula is C17H23N3O3S2. The van der Waals surface area contributed by atoms with Crippen LogP contribution in [0.15, 0.2) is 29.6 Å². The molecule has 6 nitrogen and oxygen atoms in total. The van der Waals surface area contributed by atoms with Crippen LogP contribution in [0.2, 0.25) is 0 Å². The quantitative estimate of drug-likeness (QED) is 0.795. The van der Waals surface area contributed by atoms with Crippen LogP contribution in [-0.4, -0.2) is 32.6 Å². The number of rotatable bonds is 7. The summed E-state index contributed by atoms with van der Waals surface area (Å²) in [6.45, 7) is 4.17. The van der Waals surface area contributed by atoms with Crippen molar-refractivity contribution in [1.29, 1.82) is 0 Å². The lowest BCUT2D eigenvalue weighted by molar-refractivity contribution is -0.116. The molecule has 8 heteroatoms. The van der Waals surface area contributed by atoms with Gasteiger partial charge < -0.3 is 5.32 Å². The standard InChI is InChI=1S/C17H23N3O3S2/c1-12(2)5-10-16(21)19-17-18-15(11-24-17)13-6-8-14(9-7-13)20(3)25(4,22)23/h6-9,11-12H,5,10H2,1-4H3,(H,18,19,21). The Bertz CT molecular complexity index is 827. The molecule has 1 N–H and O–H groups in total. The van der Waals surface area contributed by atoms with E-state index in [1.165, 1.54) is 22.7 Å². The molecule has 0 unspecified atom stereocenters. The second-order valence-electron chi connectivity index (χ2n) is 6.30. The third-order valence-electron chi connectivity index (χ3n) is 3.72. The Morgan fingerprint density at radius 3 is 2.48 bits per heavy atom. The first-order chi connectivity index (χ1) is 11.7. The summed E-state index contributed by atoms with van der Waals surface area (Å²) in [5.41, 5.74) is 2.20. The number of amides is 1. The number of nitrogens with zero attached hydrogens (tertiary/aromatic N) is 2. The summed E-state index contributed by atoms with van der Waals surface area (Å²) < 4.78 is 24.3. The molecule has 0 bridgehead atoms. The summed E-state index contributed by atoms with van der Waals surface area (Å²) in [7, 11) is -1.77. The van der Waals surface area contributed by atoms with Gasteiger partial charge in [-0.1, -0.05) is 26.0 Å². The van der Waals surface area contributed by atoms with Crippen LogP contribution in [0.3, 0.4) is 0 Å². The van der Waals surface area contributed by atoms with E-state index in [0.29, 0.717) is 23.2 Å². The minimum Gasteiger partial charge on any atom is -0.302 e. The molecule has 0 aliphatic carbocycles. The molecule has 0 saturated carbocycles. The predicted molar refractivity (Wildman–Crippen MR) is 103 cm³/mol. The van der Waals surface area contributed by atoms with Crippen LogP contribution < -0.4 is 9.62 Å². The van der Waals surface area contributed by atoms with Crippen molar-refractivity contribution in [3.63, 3.8) is 0 Å².